The van der Waals surface area contributed by atoms with Crippen molar-refractivity contribution in [1.29, 1.82) is 0 Å². The van der Waals surface area contributed by atoms with E-state index < -0.39 is 5.97 Å². The minimum atomic E-state index is -0.950. The molecule has 2 heterocycles. The van der Waals surface area contributed by atoms with E-state index >= 15 is 0 Å². The van der Waals surface area contributed by atoms with Gasteiger partial charge in [-0.3, -0.25) is 15.0 Å². The maximum absolute atomic E-state index is 11.2. The molecule has 0 radical (unpaired) electrons. The molecule has 9 nitrogen and oxygen atoms in total. The average molecular weight is 406 g/mol. The number of carboxylic acid groups (broad SMARTS) is 1. The van der Waals surface area contributed by atoms with Crippen molar-refractivity contribution in [3.05, 3.63) is 59.6 Å². The molecule has 0 aliphatic rings. The van der Waals surface area contributed by atoms with Gasteiger partial charge >= 0.3 is 5.97 Å². The largest absolute Gasteiger partial charge is 0.481 e. The third kappa shape index (κ3) is 4.22. The highest BCUT2D eigenvalue weighted by atomic mass is 32.2. The van der Waals surface area contributed by atoms with Crippen molar-refractivity contribution in [3.8, 4) is 33.8 Å². The van der Waals surface area contributed by atoms with Gasteiger partial charge in [0.1, 0.15) is 5.69 Å². The van der Waals surface area contributed by atoms with Gasteiger partial charge in [-0.05, 0) is 46.1 Å². The third-order valence-electron chi connectivity index (χ3n) is 4.12. The highest BCUT2D eigenvalue weighted by Crippen LogP contribution is 2.32. The molecule has 0 saturated heterocycles. The van der Waals surface area contributed by atoms with Crippen LogP contribution in [0.15, 0.2) is 65.1 Å². The number of H-pyrrole nitrogens is 2. The molecule has 29 heavy (non-hydrogen) atoms. The number of benzene rings is 2. The van der Waals surface area contributed by atoms with Crippen molar-refractivity contribution in [1.82, 2.24) is 25.4 Å². The Morgan fingerprint density at radius 2 is 1.76 bits per heavy atom. The van der Waals surface area contributed by atoms with Crippen LogP contribution in [0.5, 0.6) is 0 Å². The molecule has 10 heteroatoms. The van der Waals surface area contributed by atoms with Crippen LogP contribution in [-0.4, -0.2) is 42.2 Å². The van der Waals surface area contributed by atoms with Crippen molar-refractivity contribution >= 4 is 23.4 Å². The van der Waals surface area contributed by atoms with E-state index in [4.69, 9.17) is 5.11 Å². The Morgan fingerprint density at radius 1 is 1.00 bits per heavy atom. The Hall–Kier alpha value is -3.79. The van der Waals surface area contributed by atoms with E-state index in [2.05, 4.69) is 30.6 Å². The standard InChI is InChI=1S/C19H14N6O3S/c26-17(27)10-29-19-21-18(23-24-19)14-7-13(8-15(9-14)25-28)11-1-3-12(4-2-11)16-5-6-20-22-16/h1-9H,10H2,(H,20,22)(H,26,27)(H,21,23,24). The number of nitroso groups, excluding NO2 is 1. The van der Waals surface area contributed by atoms with E-state index in [0.717, 1.165) is 34.1 Å². The molecule has 0 spiro atoms. The summed E-state index contributed by atoms with van der Waals surface area (Å²) >= 11 is 1.01. The van der Waals surface area contributed by atoms with Gasteiger partial charge < -0.3 is 5.11 Å². The van der Waals surface area contributed by atoms with Crippen LogP contribution in [0, 0.1) is 4.91 Å². The quantitative estimate of drug-likeness (QED) is 0.310. The number of carbonyl (C=O) groups is 1. The molecule has 0 amide bonds. The maximum atomic E-state index is 11.2. The van der Waals surface area contributed by atoms with Crippen LogP contribution in [-0.2, 0) is 4.79 Å². The summed E-state index contributed by atoms with van der Waals surface area (Å²) in [6, 6.07) is 14.8. The summed E-state index contributed by atoms with van der Waals surface area (Å²) < 4.78 is 0. The van der Waals surface area contributed by atoms with E-state index in [-0.39, 0.29) is 11.4 Å². The number of aliphatic carboxylic acids is 1. The lowest BCUT2D eigenvalue weighted by Gasteiger charge is -2.06. The summed E-state index contributed by atoms with van der Waals surface area (Å²) in [6.07, 6.45) is 1.69. The van der Waals surface area contributed by atoms with Crippen LogP contribution in [0.4, 0.5) is 5.69 Å². The average Bonchev–Trinajstić information content (AvgIpc) is 3.44. The van der Waals surface area contributed by atoms with Crippen LogP contribution in [0.1, 0.15) is 0 Å². The summed E-state index contributed by atoms with van der Waals surface area (Å²) in [4.78, 5) is 26.2. The fraction of sp³-hybridized carbons (Fsp3) is 0.0526. The summed E-state index contributed by atoms with van der Waals surface area (Å²) in [5.41, 5.74) is 4.49. The van der Waals surface area contributed by atoms with E-state index in [1.165, 1.54) is 0 Å². The molecule has 0 aliphatic heterocycles. The van der Waals surface area contributed by atoms with E-state index in [9.17, 15) is 9.70 Å². The third-order valence-corrected chi connectivity index (χ3v) is 4.95. The van der Waals surface area contributed by atoms with Crippen LogP contribution in [0.3, 0.4) is 0 Å². The molecular weight excluding hydrogens is 392 g/mol. The van der Waals surface area contributed by atoms with Gasteiger partial charge in [0, 0.05) is 11.8 Å². The number of hydrogen-bond donors (Lipinski definition) is 3. The number of carboxylic acids is 1. The molecule has 3 N–H and O–H groups in total. The lowest BCUT2D eigenvalue weighted by atomic mass is 10.00. The Labute approximate surface area is 168 Å². The fourth-order valence-electron chi connectivity index (χ4n) is 2.79. The Kier molecular flexibility index (Phi) is 5.16. The topological polar surface area (TPSA) is 137 Å². The smallest absolute Gasteiger partial charge is 0.313 e. The van der Waals surface area contributed by atoms with Gasteiger partial charge in [0.05, 0.1) is 11.4 Å². The SMILES string of the molecule is O=Nc1cc(-c2ccc(-c3ccn[nH]3)cc2)cc(-c2nc(SCC(=O)O)n[nH]2)c1. The molecule has 0 saturated carbocycles. The number of nitrogens with zero attached hydrogens (tertiary/aromatic N) is 4. The van der Waals surface area contributed by atoms with Gasteiger partial charge in [-0.25, -0.2) is 4.98 Å². The number of thioether (sulfide) groups is 1. The first-order valence-corrected chi connectivity index (χ1v) is 9.47. The number of rotatable bonds is 7. The first kappa shape index (κ1) is 18.6. The zero-order chi connectivity index (χ0) is 20.2. The van der Waals surface area contributed by atoms with Crippen molar-refractivity contribution in [3.63, 3.8) is 0 Å². The summed E-state index contributed by atoms with van der Waals surface area (Å²) in [6.45, 7) is 0. The van der Waals surface area contributed by atoms with Crippen LogP contribution in [0.25, 0.3) is 33.8 Å². The van der Waals surface area contributed by atoms with Crippen LogP contribution in [0.2, 0.25) is 0 Å². The van der Waals surface area contributed by atoms with Gasteiger partial charge in [0.15, 0.2) is 5.82 Å². The van der Waals surface area contributed by atoms with Crippen LogP contribution >= 0.6 is 11.8 Å². The second kappa shape index (κ2) is 8.07. The molecule has 0 bridgehead atoms. The number of hydrogen-bond acceptors (Lipinski definition) is 7. The fourth-order valence-corrected chi connectivity index (χ4v) is 3.31. The van der Waals surface area contributed by atoms with Gasteiger partial charge in [0.25, 0.3) is 0 Å². The van der Waals surface area contributed by atoms with Gasteiger partial charge in [0.2, 0.25) is 5.16 Å². The predicted molar refractivity (Wildman–Crippen MR) is 109 cm³/mol. The molecule has 144 valence electrons. The molecular formula is C19H14N6O3S. The monoisotopic (exact) mass is 406 g/mol. The molecule has 4 aromatic rings. The molecule has 2 aromatic heterocycles. The summed E-state index contributed by atoms with van der Waals surface area (Å²) in [5, 5.41) is 25.8. The highest BCUT2D eigenvalue weighted by molar-refractivity contribution is 7.99. The number of aromatic nitrogens is 5. The zero-order valence-corrected chi connectivity index (χ0v) is 15.7. The lowest BCUT2D eigenvalue weighted by Crippen LogP contribution is -1.97. The summed E-state index contributed by atoms with van der Waals surface area (Å²) in [7, 11) is 0. The van der Waals surface area contributed by atoms with Crippen molar-refractivity contribution in [2.24, 2.45) is 5.18 Å². The minimum absolute atomic E-state index is 0.138. The molecule has 0 atom stereocenters. The highest BCUT2D eigenvalue weighted by Gasteiger charge is 2.12. The van der Waals surface area contributed by atoms with Crippen molar-refractivity contribution < 1.29 is 9.90 Å². The minimum Gasteiger partial charge on any atom is -0.481 e. The Morgan fingerprint density at radius 3 is 2.45 bits per heavy atom. The van der Waals surface area contributed by atoms with Crippen molar-refractivity contribution in [2.75, 3.05) is 5.75 Å². The van der Waals surface area contributed by atoms with Gasteiger partial charge in [-0.15, -0.1) is 10.0 Å². The second-order valence-corrected chi connectivity index (χ2v) is 7.00. The molecule has 4 rings (SSSR count). The molecule has 0 fully saturated rings. The van der Waals surface area contributed by atoms with E-state index in [1.54, 1.807) is 18.3 Å². The van der Waals surface area contributed by atoms with E-state index in [1.807, 2.05) is 36.4 Å². The Bertz CT molecular complexity index is 1160. The first-order valence-electron chi connectivity index (χ1n) is 8.48. The maximum Gasteiger partial charge on any atom is 0.313 e. The first-order chi connectivity index (χ1) is 14.1. The molecule has 0 unspecified atom stereocenters. The van der Waals surface area contributed by atoms with Gasteiger partial charge in [-0.2, -0.15) is 5.10 Å². The van der Waals surface area contributed by atoms with Crippen LogP contribution < -0.4 is 0 Å². The number of aromatic amines is 2. The lowest BCUT2D eigenvalue weighted by molar-refractivity contribution is -0.133. The van der Waals surface area contributed by atoms with Gasteiger partial charge in [-0.1, -0.05) is 36.0 Å². The zero-order valence-electron chi connectivity index (χ0n) is 14.9. The second-order valence-electron chi connectivity index (χ2n) is 6.06. The normalized spacial score (nSPS) is 10.8. The Balaban J connectivity index is 1.65. The van der Waals surface area contributed by atoms with Crippen molar-refractivity contribution in [2.45, 2.75) is 5.16 Å². The molecule has 2 aromatic carbocycles. The number of nitrogens with one attached hydrogen (secondary N) is 2. The predicted octanol–water partition coefficient (Wildman–Crippen LogP) is 4.10. The summed E-state index contributed by atoms with van der Waals surface area (Å²) in [5.74, 6) is -0.658. The van der Waals surface area contributed by atoms with E-state index in [0.29, 0.717) is 16.5 Å². The molecule has 0 aliphatic carbocycles.